The van der Waals surface area contributed by atoms with Crippen molar-refractivity contribution < 1.29 is 0 Å². The predicted octanol–water partition coefficient (Wildman–Crippen LogP) is 5.83. The third kappa shape index (κ3) is 6.48. The van der Waals surface area contributed by atoms with Crippen LogP contribution >= 0.6 is 22.6 Å². The number of imidazole rings is 1. The Hall–Kier alpha value is -2.56. The number of benzene rings is 1. The fraction of sp³-hybridized carbons (Fsp3) is 0.536. The number of hydrogen-bond acceptors (Lipinski definition) is 7. The lowest BCUT2D eigenvalue weighted by Crippen LogP contribution is -2.36. The smallest absolute Gasteiger partial charge is 0.229 e. The molecule has 0 saturated carbocycles. The Balaban J connectivity index is 1.53. The number of nitrogens with two attached hydrogens (primary N) is 1. The van der Waals surface area contributed by atoms with Crippen LogP contribution in [-0.2, 0) is 12.5 Å². The summed E-state index contributed by atoms with van der Waals surface area (Å²) in [4.78, 5) is 19.1. The zero-order chi connectivity index (χ0) is 26.7. The Kier molecular flexibility index (Phi) is 8.50. The molecule has 1 aliphatic heterocycles. The van der Waals surface area contributed by atoms with Gasteiger partial charge < -0.3 is 25.4 Å². The van der Waals surface area contributed by atoms with Crippen molar-refractivity contribution in [3.05, 3.63) is 48.1 Å². The van der Waals surface area contributed by atoms with Crippen molar-refractivity contribution in [2.24, 2.45) is 18.7 Å². The maximum absolute atomic E-state index is 5.64. The number of alkyl halides is 1. The molecular weight excluding hydrogens is 575 g/mol. The summed E-state index contributed by atoms with van der Waals surface area (Å²) in [6.45, 7) is 14.0. The van der Waals surface area contributed by atoms with E-state index in [4.69, 9.17) is 15.7 Å². The molecule has 1 saturated heterocycles. The zero-order valence-electron chi connectivity index (χ0n) is 23.0. The van der Waals surface area contributed by atoms with E-state index in [1.54, 1.807) is 6.20 Å². The summed E-state index contributed by atoms with van der Waals surface area (Å²) in [5.41, 5.74) is 10.9. The quantitative estimate of drug-likeness (QED) is 0.187. The van der Waals surface area contributed by atoms with Gasteiger partial charge in [-0.15, -0.1) is 0 Å². The maximum Gasteiger partial charge on any atom is 0.229 e. The molecule has 9 heteroatoms. The van der Waals surface area contributed by atoms with Gasteiger partial charge >= 0.3 is 0 Å². The van der Waals surface area contributed by atoms with Crippen molar-refractivity contribution in [1.82, 2.24) is 24.4 Å². The van der Waals surface area contributed by atoms with Crippen LogP contribution in [0.2, 0.25) is 0 Å². The van der Waals surface area contributed by atoms with Gasteiger partial charge in [0.25, 0.3) is 0 Å². The third-order valence-corrected chi connectivity index (χ3v) is 8.06. The van der Waals surface area contributed by atoms with E-state index in [9.17, 15) is 0 Å². The first kappa shape index (κ1) is 27.5. The third-order valence-electron chi connectivity index (χ3n) is 7.34. The molecule has 3 heterocycles. The van der Waals surface area contributed by atoms with E-state index in [-0.39, 0.29) is 5.41 Å². The molecule has 2 aromatic heterocycles. The molecule has 1 fully saturated rings. The number of fused-ring (bicyclic) bond motifs is 1. The Morgan fingerprint density at radius 2 is 1.97 bits per heavy atom. The molecule has 0 spiro atoms. The highest BCUT2D eigenvalue weighted by atomic mass is 127. The Bertz CT molecular complexity index is 1230. The van der Waals surface area contributed by atoms with E-state index in [1.807, 2.05) is 24.1 Å². The van der Waals surface area contributed by atoms with Crippen molar-refractivity contribution in [3.63, 3.8) is 0 Å². The van der Waals surface area contributed by atoms with Crippen molar-refractivity contribution in [1.29, 1.82) is 0 Å². The van der Waals surface area contributed by atoms with Crippen LogP contribution in [0, 0.1) is 12.8 Å². The monoisotopic (exact) mass is 616 g/mol. The highest BCUT2D eigenvalue weighted by Gasteiger charge is 2.24. The van der Waals surface area contributed by atoms with Crippen LogP contribution in [0.4, 0.5) is 17.5 Å². The predicted molar refractivity (Wildman–Crippen MR) is 163 cm³/mol. The molecule has 0 bridgehead atoms. The molecule has 1 atom stereocenters. The van der Waals surface area contributed by atoms with Crippen molar-refractivity contribution in [3.8, 4) is 0 Å². The van der Waals surface area contributed by atoms with Crippen molar-refractivity contribution >= 4 is 51.2 Å². The lowest BCUT2D eigenvalue weighted by atomic mass is 9.86. The zero-order valence-corrected chi connectivity index (χ0v) is 25.2. The molecule has 8 nitrogen and oxygen atoms in total. The summed E-state index contributed by atoms with van der Waals surface area (Å²) in [7, 11) is 1.99. The van der Waals surface area contributed by atoms with E-state index in [2.05, 4.69) is 95.5 Å². The van der Waals surface area contributed by atoms with Gasteiger partial charge in [0.2, 0.25) is 5.95 Å². The number of nitrogens with one attached hydrogen (secondary N) is 1. The van der Waals surface area contributed by atoms with E-state index < -0.39 is 0 Å². The second-order valence-electron chi connectivity index (χ2n) is 11.2. The summed E-state index contributed by atoms with van der Waals surface area (Å²) in [5, 5.41) is 3.64. The number of aryl methyl sites for hydroxylation is 2. The lowest BCUT2D eigenvalue weighted by molar-refractivity contribution is 0.302. The second-order valence-corrected chi connectivity index (χ2v) is 13.0. The number of piperidine rings is 1. The highest BCUT2D eigenvalue weighted by molar-refractivity contribution is 14.1. The molecule has 1 aliphatic rings. The number of halogens is 1. The van der Waals surface area contributed by atoms with Crippen LogP contribution in [0.1, 0.15) is 58.1 Å². The van der Waals surface area contributed by atoms with Gasteiger partial charge in [0, 0.05) is 44.8 Å². The summed E-state index contributed by atoms with van der Waals surface area (Å²) >= 11 is 2.44. The van der Waals surface area contributed by atoms with E-state index >= 15 is 0 Å². The van der Waals surface area contributed by atoms with Gasteiger partial charge in [0.15, 0.2) is 11.5 Å². The van der Waals surface area contributed by atoms with Crippen LogP contribution in [-0.4, -0.2) is 48.1 Å². The van der Waals surface area contributed by atoms with Crippen LogP contribution in [0.25, 0.3) is 11.2 Å². The standard InChI is InChI=1S/C28H41IN8/c1-19-7-8-22(28(3,4)5)17-23(19)32-26-24-25(31-18-35(24)6)33-27(34-26)37-14-10-21(11-15-37)9-13-36(16-12-30)20(2)29/h7-8,12,16-18,20-21H,9-11,13-15,30H2,1-6H3,(H,32,33,34)/b16-12-. The number of nitrogens with zero attached hydrogens (tertiary/aromatic N) is 6. The molecule has 37 heavy (non-hydrogen) atoms. The number of rotatable bonds is 8. The summed E-state index contributed by atoms with van der Waals surface area (Å²) in [6, 6.07) is 6.63. The van der Waals surface area contributed by atoms with Crippen molar-refractivity contribution in [2.75, 3.05) is 29.9 Å². The summed E-state index contributed by atoms with van der Waals surface area (Å²) < 4.78 is 2.42. The molecule has 1 aromatic carbocycles. The average Bonchev–Trinajstić information content (AvgIpc) is 3.23. The maximum atomic E-state index is 5.64. The number of anilines is 3. The largest absolute Gasteiger partial charge is 0.403 e. The lowest BCUT2D eigenvalue weighted by Gasteiger charge is -2.33. The van der Waals surface area contributed by atoms with Crippen LogP contribution in [0.5, 0.6) is 0 Å². The van der Waals surface area contributed by atoms with E-state index in [0.29, 0.717) is 9.97 Å². The topological polar surface area (TPSA) is 88.1 Å². The fourth-order valence-corrected chi connectivity index (χ4v) is 5.32. The van der Waals surface area contributed by atoms with Gasteiger partial charge in [0.05, 0.1) is 10.4 Å². The second kappa shape index (κ2) is 11.4. The molecular formula is C28H41IN8. The van der Waals surface area contributed by atoms with Gasteiger partial charge in [-0.05, 0) is 61.6 Å². The highest BCUT2D eigenvalue weighted by Crippen LogP contribution is 2.32. The van der Waals surface area contributed by atoms with Gasteiger partial charge in [-0.1, -0.05) is 55.5 Å². The number of hydrogen-bond donors (Lipinski definition) is 2. The molecule has 200 valence electrons. The van der Waals surface area contributed by atoms with Gasteiger partial charge in [-0.25, -0.2) is 4.98 Å². The Morgan fingerprint density at radius 3 is 2.62 bits per heavy atom. The minimum atomic E-state index is 0.0690. The number of aromatic nitrogens is 4. The minimum Gasteiger partial charge on any atom is -0.403 e. The minimum absolute atomic E-state index is 0.0690. The SMILES string of the molecule is Cc1ccc(C(C)(C)C)cc1Nc1nc(N2CCC(CCN(/C=C\N)C(C)I)CC2)nc2ncn(C)c12. The normalized spacial score (nSPS) is 16.0. The molecule has 3 aromatic rings. The van der Waals surface area contributed by atoms with Crippen LogP contribution < -0.4 is 16.0 Å². The first-order valence-corrected chi connectivity index (χ1v) is 14.4. The molecule has 0 radical (unpaired) electrons. The average molecular weight is 617 g/mol. The molecule has 4 rings (SSSR count). The summed E-state index contributed by atoms with van der Waals surface area (Å²) in [6.07, 6.45) is 8.88. The van der Waals surface area contributed by atoms with Gasteiger partial charge in [-0.2, -0.15) is 9.97 Å². The van der Waals surface area contributed by atoms with E-state index in [1.165, 1.54) is 17.5 Å². The molecule has 0 aliphatic carbocycles. The molecule has 3 N–H and O–H groups in total. The van der Waals surface area contributed by atoms with Gasteiger partial charge in [-0.3, -0.25) is 0 Å². The van der Waals surface area contributed by atoms with Crippen LogP contribution in [0.15, 0.2) is 36.9 Å². The molecule has 0 amide bonds. The Morgan fingerprint density at radius 1 is 1.24 bits per heavy atom. The molecule has 1 unspecified atom stereocenters. The fourth-order valence-electron chi connectivity index (χ4n) is 4.86. The van der Waals surface area contributed by atoms with Crippen LogP contribution in [0.3, 0.4) is 0 Å². The first-order valence-electron chi connectivity index (χ1n) is 13.2. The summed E-state index contributed by atoms with van der Waals surface area (Å²) in [5.74, 6) is 2.25. The first-order chi connectivity index (χ1) is 17.6. The van der Waals surface area contributed by atoms with Gasteiger partial charge in [0.1, 0.15) is 5.52 Å². The van der Waals surface area contributed by atoms with Crippen molar-refractivity contribution in [2.45, 2.75) is 63.3 Å². The van der Waals surface area contributed by atoms with E-state index in [0.717, 1.165) is 61.1 Å². The Labute approximate surface area is 234 Å².